The average molecular weight is 294 g/mol. The minimum absolute atomic E-state index is 0.0617. The molecule has 0 fully saturated rings. The van der Waals surface area contributed by atoms with Gasteiger partial charge in [0.15, 0.2) is 0 Å². The van der Waals surface area contributed by atoms with E-state index in [4.69, 9.17) is 63.1 Å². The second-order valence-corrected chi connectivity index (χ2v) is 4.14. The van der Waals surface area contributed by atoms with Gasteiger partial charge >= 0.3 is 5.97 Å². The van der Waals surface area contributed by atoms with Crippen LogP contribution in [0.1, 0.15) is 10.4 Å². The first-order chi connectivity index (χ1) is 6.37. The fourth-order valence-electron chi connectivity index (χ4n) is 0.793. The molecule has 0 spiro atoms. The Hall–Kier alpha value is 0.140. The van der Waals surface area contributed by atoms with Crippen molar-refractivity contribution in [2.45, 2.75) is 0 Å². The molecule has 0 heterocycles. The van der Waals surface area contributed by atoms with Crippen LogP contribution in [0.2, 0.25) is 25.1 Å². The smallest absolute Gasteiger partial charge is 0.338 e. The van der Waals surface area contributed by atoms with Crippen LogP contribution >= 0.6 is 58.0 Å². The van der Waals surface area contributed by atoms with Gasteiger partial charge in [0, 0.05) is 0 Å². The third-order valence-electron chi connectivity index (χ3n) is 1.42. The van der Waals surface area contributed by atoms with Crippen LogP contribution < -0.4 is 0 Å². The van der Waals surface area contributed by atoms with E-state index in [1.54, 1.807) is 0 Å². The van der Waals surface area contributed by atoms with Crippen LogP contribution in [0.4, 0.5) is 0 Å². The number of rotatable bonds is 1. The predicted molar refractivity (Wildman–Crippen MR) is 58.5 cm³/mol. The molecular weight excluding hydrogens is 293 g/mol. The van der Waals surface area contributed by atoms with Crippen LogP contribution in [-0.4, -0.2) is 11.1 Å². The monoisotopic (exact) mass is 292 g/mol. The van der Waals surface area contributed by atoms with E-state index in [0.717, 1.165) is 0 Å². The summed E-state index contributed by atoms with van der Waals surface area (Å²) in [7, 11) is 0. The van der Waals surface area contributed by atoms with Gasteiger partial charge in [-0.15, -0.1) is 0 Å². The Kier molecular flexibility index (Phi) is 3.78. The predicted octanol–water partition coefficient (Wildman–Crippen LogP) is 4.65. The molecule has 1 aromatic carbocycles. The lowest BCUT2D eigenvalue weighted by Gasteiger charge is -2.08. The van der Waals surface area contributed by atoms with Crippen molar-refractivity contribution < 1.29 is 9.90 Å². The number of halogens is 5. The Labute approximate surface area is 104 Å². The van der Waals surface area contributed by atoms with Gasteiger partial charge < -0.3 is 5.11 Å². The van der Waals surface area contributed by atoms with E-state index in [9.17, 15) is 4.79 Å². The summed E-state index contributed by atoms with van der Waals surface area (Å²) in [6, 6.07) is 0. The van der Waals surface area contributed by atoms with E-state index in [1.165, 1.54) is 0 Å². The lowest BCUT2D eigenvalue weighted by atomic mass is 10.2. The highest BCUT2D eigenvalue weighted by atomic mass is 35.5. The Morgan fingerprint density at radius 2 is 1.07 bits per heavy atom. The fraction of sp³-hybridized carbons (Fsp3) is 0. The maximum Gasteiger partial charge on any atom is 0.338 e. The third-order valence-corrected chi connectivity index (χ3v) is 3.70. The van der Waals surface area contributed by atoms with Crippen LogP contribution in [0.3, 0.4) is 0 Å². The lowest BCUT2D eigenvalue weighted by Crippen LogP contribution is -2.00. The molecule has 0 bridgehead atoms. The van der Waals surface area contributed by atoms with Gasteiger partial charge in [-0.05, 0) is 0 Å². The average Bonchev–Trinajstić information content (AvgIpc) is 2.11. The number of carbonyl (C=O) groups is 1. The molecule has 0 saturated heterocycles. The summed E-state index contributed by atoms with van der Waals surface area (Å²) >= 11 is 28.2. The van der Waals surface area contributed by atoms with Gasteiger partial charge in [0.05, 0.1) is 30.7 Å². The molecule has 0 radical (unpaired) electrons. The maximum absolute atomic E-state index is 10.7. The third kappa shape index (κ3) is 1.90. The number of carboxylic acids is 1. The molecule has 76 valence electrons. The largest absolute Gasteiger partial charge is 0.478 e. The molecule has 0 atom stereocenters. The Bertz CT molecular complexity index is 386. The molecular formula is C7HCl5O2. The molecule has 0 aliphatic heterocycles. The summed E-state index contributed by atoms with van der Waals surface area (Å²) in [5.74, 6) is -1.32. The Balaban J connectivity index is 3.68. The molecule has 0 aliphatic carbocycles. The first-order valence-electron chi connectivity index (χ1n) is 3.12. The van der Waals surface area contributed by atoms with Crippen molar-refractivity contribution >= 4 is 64.0 Å². The Morgan fingerprint density at radius 3 is 1.36 bits per heavy atom. The van der Waals surface area contributed by atoms with Crippen molar-refractivity contribution in [2.24, 2.45) is 0 Å². The van der Waals surface area contributed by atoms with Crippen molar-refractivity contribution in [3.63, 3.8) is 0 Å². The highest BCUT2D eigenvalue weighted by molar-refractivity contribution is 6.56. The summed E-state index contributed by atoms with van der Waals surface area (Å²) < 4.78 is 0. The molecule has 0 aliphatic rings. The number of carboxylic acid groups (broad SMARTS) is 1. The highest BCUT2D eigenvalue weighted by Gasteiger charge is 2.23. The number of aromatic carboxylic acids is 1. The van der Waals surface area contributed by atoms with Gasteiger partial charge in [-0.25, -0.2) is 4.79 Å². The second kappa shape index (κ2) is 4.33. The van der Waals surface area contributed by atoms with Crippen molar-refractivity contribution in [1.29, 1.82) is 0 Å². The topological polar surface area (TPSA) is 37.3 Å². The van der Waals surface area contributed by atoms with E-state index >= 15 is 0 Å². The zero-order chi connectivity index (χ0) is 11.0. The minimum Gasteiger partial charge on any atom is -0.478 e. The van der Waals surface area contributed by atoms with Gasteiger partial charge in [0.1, 0.15) is 0 Å². The molecule has 0 unspecified atom stereocenters. The van der Waals surface area contributed by atoms with E-state index in [-0.39, 0.29) is 30.7 Å². The zero-order valence-corrected chi connectivity index (χ0v) is 10.0. The van der Waals surface area contributed by atoms with Crippen molar-refractivity contribution in [1.82, 2.24) is 0 Å². The molecule has 2 nitrogen and oxygen atoms in total. The minimum atomic E-state index is -1.32. The Morgan fingerprint density at radius 1 is 0.786 bits per heavy atom. The maximum atomic E-state index is 10.7. The summed E-state index contributed by atoms with van der Waals surface area (Å²) in [5.41, 5.74) is -0.354. The van der Waals surface area contributed by atoms with Crippen molar-refractivity contribution in [3.05, 3.63) is 30.7 Å². The molecule has 0 aromatic heterocycles. The summed E-state index contributed by atoms with van der Waals surface area (Å²) in [6.45, 7) is 0. The molecule has 1 N–H and O–H groups in total. The highest BCUT2D eigenvalue weighted by Crippen LogP contribution is 2.43. The van der Waals surface area contributed by atoms with Crippen LogP contribution in [0.15, 0.2) is 0 Å². The molecule has 0 amide bonds. The quantitative estimate of drug-likeness (QED) is 0.604. The van der Waals surface area contributed by atoms with Gasteiger partial charge in [-0.1, -0.05) is 58.0 Å². The fourth-order valence-corrected chi connectivity index (χ4v) is 2.09. The van der Waals surface area contributed by atoms with Crippen molar-refractivity contribution in [3.8, 4) is 0 Å². The standard InChI is InChI=1S/C7HCl5O2/c8-2-1(7(13)14)3(9)5(11)6(12)4(2)10/h(H,13,14). The lowest BCUT2D eigenvalue weighted by molar-refractivity contribution is 0.0697. The van der Waals surface area contributed by atoms with Crippen LogP contribution in [0.5, 0.6) is 0 Å². The van der Waals surface area contributed by atoms with Crippen LogP contribution in [0, 0.1) is 0 Å². The van der Waals surface area contributed by atoms with E-state index in [1.807, 2.05) is 0 Å². The van der Waals surface area contributed by atoms with Crippen LogP contribution in [0.25, 0.3) is 0 Å². The van der Waals surface area contributed by atoms with Gasteiger partial charge in [0.2, 0.25) is 0 Å². The normalized spacial score (nSPS) is 10.4. The number of hydrogen-bond donors (Lipinski definition) is 1. The summed E-state index contributed by atoms with van der Waals surface area (Å²) in [5, 5.41) is 8.00. The van der Waals surface area contributed by atoms with Crippen molar-refractivity contribution in [2.75, 3.05) is 0 Å². The van der Waals surface area contributed by atoms with Gasteiger partial charge in [-0.3, -0.25) is 0 Å². The first-order valence-corrected chi connectivity index (χ1v) is 5.01. The number of hydrogen-bond acceptors (Lipinski definition) is 1. The van der Waals surface area contributed by atoms with Crippen LogP contribution in [-0.2, 0) is 0 Å². The van der Waals surface area contributed by atoms with Gasteiger partial charge in [-0.2, -0.15) is 0 Å². The first kappa shape index (κ1) is 12.2. The van der Waals surface area contributed by atoms with E-state index < -0.39 is 5.97 Å². The second-order valence-electron chi connectivity index (χ2n) is 2.25. The van der Waals surface area contributed by atoms with E-state index in [2.05, 4.69) is 0 Å². The van der Waals surface area contributed by atoms with Gasteiger partial charge in [0.25, 0.3) is 0 Å². The molecule has 1 aromatic rings. The summed E-state index contributed by atoms with van der Waals surface area (Å²) in [6.07, 6.45) is 0. The zero-order valence-electron chi connectivity index (χ0n) is 6.25. The molecule has 1 rings (SSSR count). The SMILES string of the molecule is O=C(O)c1c(Cl)c(Cl)c(Cl)c(Cl)c1Cl. The molecule has 7 heteroatoms. The van der Waals surface area contributed by atoms with E-state index in [0.29, 0.717) is 0 Å². The molecule has 0 saturated carbocycles. The number of benzene rings is 1. The molecule has 14 heavy (non-hydrogen) atoms. The summed E-state index contributed by atoms with van der Waals surface area (Å²) in [4.78, 5) is 10.7.